The number of aliphatic hydroxyl groups excluding tert-OH is 2. The summed E-state index contributed by atoms with van der Waals surface area (Å²) < 4.78 is 0. The van der Waals surface area contributed by atoms with Crippen molar-refractivity contribution in [2.45, 2.75) is 0 Å². The Kier molecular flexibility index (Phi) is 5.38. The summed E-state index contributed by atoms with van der Waals surface area (Å²) in [6.45, 7) is 0.769. The van der Waals surface area contributed by atoms with E-state index in [0.717, 1.165) is 5.69 Å². The van der Waals surface area contributed by atoms with E-state index in [1.54, 1.807) is 17.0 Å². The molecule has 0 aliphatic carbocycles. The first-order valence-electron chi connectivity index (χ1n) is 5.37. The van der Waals surface area contributed by atoms with Crippen LogP contribution in [0.4, 0.5) is 5.69 Å². The molecule has 1 amide bonds. The summed E-state index contributed by atoms with van der Waals surface area (Å²) in [4.78, 5) is 17.1. The molecule has 0 saturated carbocycles. The van der Waals surface area contributed by atoms with E-state index in [9.17, 15) is 4.79 Å². The van der Waals surface area contributed by atoms with E-state index in [1.807, 2.05) is 0 Å². The molecule has 0 aliphatic rings. The predicted octanol–water partition coefficient (Wildman–Crippen LogP) is -0.768. The maximum atomic E-state index is 11.4. The number of hydrogen-bond donors (Lipinski definition) is 3. The van der Waals surface area contributed by atoms with Crippen molar-refractivity contribution in [1.82, 2.24) is 10.3 Å². The Morgan fingerprint density at radius 2 is 2.06 bits per heavy atom. The molecule has 0 bridgehead atoms. The molecule has 1 heterocycles. The normalized spacial score (nSPS) is 10.1. The van der Waals surface area contributed by atoms with Gasteiger partial charge in [-0.25, -0.2) is 0 Å². The second-order valence-corrected chi connectivity index (χ2v) is 3.41. The molecule has 0 atom stereocenters. The van der Waals surface area contributed by atoms with Crippen LogP contribution in [0.15, 0.2) is 18.3 Å². The molecule has 17 heavy (non-hydrogen) atoms. The third kappa shape index (κ3) is 3.69. The Morgan fingerprint density at radius 1 is 1.41 bits per heavy atom. The van der Waals surface area contributed by atoms with Crippen LogP contribution in [-0.2, 0) is 0 Å². The zero-order valence-corrected chi connectivity index (χ0v) is 9.76. The molecule has 0 spiro atoms. The number of carbonyl (C=O) groups is 1. The predicted molar refractivity (Wildman–Crippen MR) is 64.0 cm³/mol. The third-order valence-electron chi connectivity index (χ3n) is 2.31. The lowest BCUT2D eigenvalue weighted by molar-refractivity contribution is 0.0958. The van der Waals surface area contributed by atoms with Gasteiger partial charge in [-0.15, -0.1) is 0 Å². The molecule has 0 fully saturated rings. The number of nitrogens with zero attached hydrogens (tertiary/aromatic N) is 2. The van der Waals surface area contributed by atoms with Crippen molar-refractivity contribution in [3.63, 3.8) is 0 Å². The number of aromatic nitrogens is 1. The Morgan fingerprint density at radius 3 is 2.59 bits per heavy atom. The fourth-order valence-corrected chi connectivity index (χ4v) is 1.48. The molecule has 6 heteroatoms. The van der Waals surface area contributed by atoms with Crippen LogP contribution < -0.4 is 10.2 Å². The number of amides is 1. The first-order chi connectivity index (χ1) is 8.22. The Labute approximate surface area is 99.9 Å². The van der Waals surface area contributed by atoms with E-state index in [-0.39, 0.29) is 19.1 Å². The lowest BCUT2D eigenvalue weighted by Gasteiger charge is -2.22. The zero-order valence-electron chi connectivity index (χ0n) is 9.76. The van der Waals surface area contributed by atoms with Gasteiger partial charge in [-0.3, -0.25) is 9.78 Å². The molecule has 1 rings (SSSR count). The van der Waals surface area contributed by atoms with E-state index in [0.29, 0.717) is 18.8 Å². The number of hydrogen-bond acceptors (Lipinski definition) is 5. The van der Waals surface area contributed by atoms with Crippen LogP contribution in [0.2, 0.25) is 0 Å². The lowest BCUT2D eigenvalue weighted by Crippen LogP contribution is -2.30. The molecule has 1 aromatic heterocycles. The van der Waals surface area contributed by atoms with Crippen molar-refractivity contribution in [1.29, 1.82) is 0 Å². The largest absolute Gasteiger partial charge is 0.395 e. The van der Waals surface area contributed by atoms with Crippen molar-refractivity contribution in [2.75, 3.05) is 38.3 Å². The molecule has 3 N–H and O–H groups in total. The Balaban J connectivity index is 2.91. The fraction of sp³-hybridized carbons (Fsp3) is 0.455. The quantitative estimate of drug-likeness (QED) is 0.607. The Bertz CT molecular complexity index is 365. The van der Waals surface area contributed by atoms with Gasteiger partial charge in [-0.05, 0) is 12.1 Å². The second-order valence-electron chi connectivity index (χ2n) is 3.41. The number of carbonyl (C=O) groups excluding carboxylic acids is 1. The third-order valence-corrected chi connectivity index (χ3v) is 2.31. The maximum Gasteiger partial charge on any atom is 0.269 e. The SMILES string of the molecule is CNC(=O)c1cc(N(CCO)CCO)ccn1. The summed E-state index contributed by atoms with van der Waals surface area (Å²) in [6, 6.07) is 3.36. The molecule has 94 valence electrons. The lowest BCUT2D eigenvalue weighted by atomic mass is 10.2. The molecule has 0 aromatic carbocycles. The van der Waals surface area contributed by atoms with Gasteiger partial charge in [0.15, 0.2) is 0 Å². The molecule has 0 radical (unpaired) electrons. The summed E-state index contributed by atoms with van der Waals surface area (Å²) in [5, 5.41) is 20.4. The van der Waals surface area contributed by atoms with Crippen molar-refractivity contribution < 1.29 is 15.0 Å². The van der Waals surface area contributed by atoms with Crippen molar-refractivity contribution in [2.24, 2.45) is 0 Å². The number of nitrogens with one attached hydrogen (secondary N) is 1. The van der Waals surface area contributed by atoms with Gasteiger partial charge in [0.25, 0.3) is 5.91 Å². The topological polar surface area (TPSA) is 85.7 Å². The summed E-state index contributed by atoms with van der Waals surface area (Å²) in [5.41, 5.74) is 1.06. The van der Waals surface area contributed by atoms with Gasteiger partial charge in [0.05, 0.1) is 13.2 Å². The van der Waals surface area contributed by atoms with Gasteiger partial charge < -0.3 is 20.4 Å². The van der Waals surface area contributed by atoms with Crippen LogP contribution in [0.1, 0.15) is 10.5 Å². The highest BCUT2D eigenvalue weighted by molar-refractivity contribution is 5.92. The standard InChI is InChI=1S/C11H17N3O3/c1-12-11(17)10-8-9(2-3-13-10)14(4-6-15)5-7-16/h2-3,8,15-16H,4-7H2,1H3,(H,12,17). The van der Waals surface area contributed by atoms with Gasteiger partial charge in [-0.1, -0.05) is 0 Å². The summed E-state index contributed by atoms with van der Waals surface area (Å²) >= 11 is 0. The van der Waals surface area contributed by atoms with Crippen LogP contribution in [0.5, 0.6) is 0 Å². The van der Waals surface area contributed by atoms with E-state index in [2.05, 4.69) is 10.3 Å². The van der Waals surface area contributed by atoms with Crippen molar-refractivity contribution in [3.8, 4) is 0 Å². The van der Waals surface area contributed by atoms with E-state index < -0.39 is 0 Å². The average molecular weight is 239 g/mol. The second kappa shape index (κ2) is 6.82. The van der Waals surface area contributed by atoms with Crippen molar-refractivity contribution >= 4 is 11.6 Å². The molecule has 0 aliphatic heterocycles. The molecule has 1 aromatic rings. The van der Waals surface area contributed by atoms with Gasteiger partial charge in [-0.2, -0.15) is 0 Å². The van der Waals surface area contributed by atoms with Gasteiger partial charge in [0.2, 0.25) is 0 Å². The summed E-state index contributed by atoms with van der Waals surface area (Å²) in [5.74, 6) is -0.264. The van der Waals surface area contributed by atoms with Crippen LogP contribution in [0.25, 0.3) is 0 Å². The molecular weight excluding hydrogens is 222 g/mol. The minimum Gasteiger partial charge on any atom is -0.395 e. The number of aliphatic hydroxyl groups is 2. The van der Waals surface area contributed by atoms with Gasteiger partial charge in [0, 0.05) is 32.0 Å². The minimum absolute atomic E-state index is 0.0162. The Hall–Kier alpha value is -1.66. The highest BCUT2D eigenvalue weighted by Gasteiger charge is 2.09. The zero-order chi connectivity index (χ0) is 12.7. The highest BCUT2D eigenvalue weighted by atomic mass is 16.3. The summed E-state index contributed by atoms with van der Waals surface area (Å²) in [7, 11) is 1.54. The smallest absolute Gasteiger partial charge is 0.269 e. The molecule has 0 saturated heterocycles. The monoisotopic (exact) mass is 239 g/mol. The molecular formula is C11H17N3O3. The first kappa shape index (κ1) is 13.4. The van der Waals surface area contributed by atoms with Crippen LogP contribution >= 0.6 is 0 Å². The number of pyridine rings is 1. The van der Waals surface area contributed by atoms with E-state index >= 15 is 0 Å². The van der Waals surface area contributed by atoms with Crippen LogP contribution in [-0.4, -0.2) is 54.5 Å². The summed E-state index contributed by atoms with van der Waals surface area (Å²) in [6.07, 6.45) is 1.53. The number of rotatable bonds is 6. The minimum atomic E-state index is -0.264. The maximum absolute atomic E-state index is 11.4. The van der Waals surface area contributed by atoms with Crippen LogP contribution in [0.3, 0.4) is 0 Å². The fourth-order valence-electron chi connectivity index (χ4n) is 1.48. The first-order valence-corrected chi connectivity index (χ1v) is 5.37. The van der Waals surface area contributed by atoms with Gasteiger partial charge >= 0.3 is 0 Å². The van der Waals surface area contributed by atoms with Crippen LogP contribution in [0, 0.1) is 0 Å². The molecule has 6 nitrogen and oxygen atoms in total. The van der Waals surface area contributed by atoms with E-state index in [1.165, 1.54) is 13.2 Å². The molecule has 0 unspecified atom stereocenters. The highest BCUT2D eigenvalue weighted by Crippen LogP contribution is 2.13. The number of anilines is 1. The van der Waals surface area contributed by atoms with Crippen molar-refractivity contribution in [3.05, 3.63) is 24.0 Å². The van der Waals surface area contributed by atoms with Gasteiger partial charge in [0.1, 0.15) is 5.69 Å². The average Bonchev–Trinajstić information content (AvgIpc) is 2.37. The van der Waals surface area contributed by atoms with E-state index in [4.69, 9.17) is 10.2 Å².